The molecule has 3 heterocycles. The van der Waals surface area contributed by atoms with Crippen molar-refractivity contribution in [2.24, 2.45) is 0 Å². The summed E-state index contributed by atoms with van der Waals surface area (Å²) in [6.45, 7) is 3.58. The van der Waals surface area contributed by atoms with Crippen LogP contribution in [0.2, 0.25) is 0 Å². The van der Waals surface area contributed by atoms with E-state index in [0.29, 0.717) is 25.2 Å². The number of rotatable bonds is 6. The summed E-state index contributed by atoms with van der Waals surface area (Å²) in [5.41, 5.74) is -2.63. The number of halogens is 3. The fraction of sp³-hybridized carbons (Fsp3) is 0.474. The van der Waals surface area contributed by atoms with Gasteiger partial charge in [0.1, 0.15) is 5.56 Å². The van der Waals surface area contributed by atoms with Crippen LogP contribution in [-0.4, -0.2) is 57.3 Å². The van der Waals surface area contributed by atoms with Crippen molar-refractivity contribution < 1.29 is 18.0 Å². The van der Waals surface area contributed by atoms with Gasteiger partial charge in [-0.1, -0.05) is 0 Å². The summed E-state index contributed by atoms with van der Waals surface area (Å²) < 4.78 is 41.2. The van der Waals surface area contributed by atoms with Crippen molar-refractivity contribution in [3.05, 3.63) is 46.1 Å². The first-order chi connectivity index (χ1) is 14.7. The maximum atomic E-state index is 13.2. The van der Waals surface area contributed by atoms with Crippen molar-refractivity contribution in [2.45, 2.75) is 38.1 Å². The van der Waals surface area contributed by atoms with E-state index in [1.807, 2.05) is 0 Å². The topological polar surface area (TPSA) is 119 Å². The molecule has 2 unspecified atom stereocenters. The Labute approximate surface area is 175 Å². The van der Waals surface area contributed by atoms with Gasteiger partial charge in [0.15, 0.2) is 0 Å². The zero-order chi connectivity index (χ0) is 22.6. The fourth-order valence-corrected chi connectivity index (χ4v) is 3.58. The molecule has 2 aromatic rings. The van der Waals surface area contributed by atoms with Crippen LogP contribution in [0.5, 0.6) is 0 Å². The highest BCUT2D eigenvalue weighted by Gasteiger charge is 2.37. The van der Waals surface area contributed by atoms with E-state index in [1.165, 1.54) is 0 Å². The second kappa shape index (κ2) is 9.22. The van der Waals surface area contributed by atoms with Gasteiger partial charge in [-0.15, -0.1) is 0 Å². The number of carbonyl (C=O) groups is 1. The predicted molar refractivity (Wildman–Crippen MR) is 105 cm³/mol. The Morgan fingerprint density at radius 1 is 1.48 bits per heavy atom. The summed E-state index contributed by atoms with van der Waals surface area (Å²) in [5.74, 6) is -0.195. The lowest BCUT2D eigenvalue weighted by atomic mass is 10.1. The number of nitriles is 1. The first-order valence-corrected chi connectivity index (χ1v) is 9.66. The summed E-state index contributed by atoms with van der Waals surface area (Å²) >= 11 is 0. The molecular formula is C19H22F3N7O2. The minimum absolute atomic E-state index is 0.195. The third-order valence-electron chi connectivity index (χ3n) is 4.96. The molecule has 166 valence electrons. The summed E-state index contributed by atoms with van der Waals surface area (Å²) in [7, 11) is 0. The van der Waals surface area contributed by atoms with Gasteiger partial charge in [0.05, 0.1) is 36.0 Å². The maximum Gasteiger partial charge on any atom is 0.423 e. The molecule has 1 saturated heterocycles. The van der Waals surface area contributed by atoms with Crippen molar-refractivity contribution in [3.8, 4) is 6.07 Å². The van der Waals surface area contributed by atoms with Gasteiger partial charge in [-0.3, -0.25) is 9.59 Å². The monoisotopic (exact) mass is 437 g/mol. The lowest BCUT2D eigenvalue weighted by Crippen LogP contribution is -2.53. The van der Waals surface area contributed by atoms with Crippen molar-refractivity contribution in [1.82, 2.24) is 25.0 Å². The first kappa shape index (κ1) is 22.4. The Kier molecular flexibility index (Phi) is 6.65. The number of aromatic nitrogens is 3. The molecule has 1 fully saturated rings. The molecule has 1 aliphatic rings. The summed E-state index contributed by atoms with van der Waals surface area (Å²) in [6.07, 6.45) is -0.396. The largest absolute Gasteiger partial charge is 0.423 e. The van der Waals surface area contributed by atoms with Crippen molar-refractivity contribution in [3.63, 3.8) is 0 Å². The second-order valence-electron chi connectivity index (χ2n) is 7.35. The van der Waals surface area contributed by atoms with Crippen LogP contribution in [0.3, 0.4) is 0 Å². The molecular weight excluding hydrogens is 415 g/mol. The van der Waals surface area contributed by atoms with E-state index in [2.05, 4.69) is 21.8 Å². The predicted octanol–water partition coefficient (Wildman–Crippen LogP) is 1.42. The number of nitrogens with zero attached hydrogens (tertiary/aromatic N) is 4. The molecule has 1 aliphatic heterocycles. The molecule has 0 saturated carbocycles. The molecule has 0 bridgehead atoms. The smallest absolute Gasteiger partial charge is 0.379 e. The van der Waals surface area contributed by atoms with Gasteiger partial charge in [0.25, 0.3) is 11.5 Å². The van der Waals surface area contributed by atoms with Crippen molar-refractivity contribution >= 4 is 11.6 Å². The molecule has 31 heavy (non-hydrogen) atoms. The number of nitrogens with one attached hydrogen (secondary N) is 3. The van der Waals surface area contributed by atoms with Gasteiger partial charge in [-0.2, -0.15) is 23.5 Å². The third kappa shape index (κ3) is 5.24. The second-order valence-corrected chi connectivity index (χ2v) is 7.35. The number of H-pyrrole nitrogens is 1. The van der Waals surface area contributed by atoms with E-state index in [0.717, 1.165) is 6.20 Å². The number of carbonyl (C=O) groups excluding carboxylic acids is 1. The van der Waals surface area contributed by atoms with Crippen LogP contribution in [-0.2, 0) is 12.7 Å². The molecule has 3 rings (SSSR count). The average Bonchev–Trinajstić information content (AvgIpc) is 3.15. The molecule has 1 amide bonds. The zero-order valence-corrected chi connectivity index (χ0v) is 16.7. The van der Waals surface area contributed by atoms with E-state index in [1.54, 1.807) is 39.9 Å². The summed E-state index contributed by atoms with van der Waals surface area (Å²) in [6, 6.07) is 3.02. The zero-order valence-electron chi connectivity index (χ0n) is 16.7. The van der Waals surface area contributed by atoms with Crippen LogP contribution in [0, 0.1) is 11.3 Å². The van der Waals surface area contributed by atoms with Crippen LogP contribution in [0.1, 0.15) is 29.3 Å². The molecule has 0 aromatic carbocycles. The Morgan fingerprint density at radius 2 is 2.26 bits per heavy atom. The van der Waals surface area contributed by atoms with Crippen LogP contribution in [0.4, 0.5) is 18.9 Å². The van der Waals surface area contributed by atoms with Gasteiger partial charge >= 0.3 is 6.18 Å². The number of hydrogen-bond acceptors (Lipinski definition) is 6. The summed E-state index contributed by atoms with van der Waals surface area (Å²) in [5, 5.41) is 20.0. The average molecular weight is 437 g/mol. The number of piperazine rings is 1. The number of anilines is 1. The van der Waals surface area contributed by atoms with Crippen LogP contribution < -0.4 is 16.2 Å². The number of hydrogen-bond donors (Lipinski definition) is 3. The van der Waals surface area contributed by atoms with E-state index in [9.17, 15) is 22.8 Å². The molecule has 2 atom stereocenters. The van der Waals surface area contributed by atoms with Gasteiger partial charge in [0.2, 0.25) is 0 Å². The SMILES string of the molecule is CC(Cn1ccc(C(=O)N2CCNCC2CC#N)c1)Nc1cn[nH]c(=O)c1C(F)(F)F. The number of alkyl halides is 3. The van der Waals surface area contributed by atoms with Crippen LogP contribution in [0.25, 0.3) is 0 Å². The van der Waals surface area contributed by atoms with E-state index < -0.39 is 29.0 Å². The maximum absolute atomic E-state index is 13.2. The highest BCUT2D eigenvalue weighted by Crippen LogP contribution is 2.31. The molecule has 9 nitrogen and oxygen atoms in total. The van der Waals surface area contributed by atoms with E-state index in [-0.39, 0.29) is 24.9 Å². The highest BCUT2D eigenvalue weighted by molar-refractivity contribution is 5.94. The first-order valence-electron chi connectivity index (χ1n) is 9.66. The lowest BCUT2D eigenvalue weighted by molar-refractivity contribution is -0.138. The molecule has 12 heteroatoms. The Balaban J connectivity index is 1.69. The third-order valence-corrected chi connectivity index (χ3v) is 4.96. The Morgan fingerprint density at radius 3 is 2.97 bits per heavy atom. The quantitative estimate of drug-likeness (QED) is 0.629. The normalized spacial score (nSPS) is 17.8. The highest BCUT2D eigenvalue weighted by atomic mass is 19.4. The van der Waals surface area contributed by atoms with Gasteiger partial charge in [0, 0.05) is 44.6 Å². The lowest BCUT2D eigenvalue weighted by Gasteiger charge is -2.34. The Hall–Kier alpha value is -3.33. The molecule has 0 radical (unpaired) electrons. The molecule has 0 aliphatic carbocycles. The minimum atomic E-state index is -4.82. The van der Waals surface area contributed by atoms with Gasteiger partial charge in [-0.05, 0) is 13.0 Å². The summed E-state index contributed by atoms with van der Waals surface area (Å²) in [4.78, 5) is 26.1. The van der Waals surface area contributed by atoms with Crippen LogP contribution in [0.15, 0.2) is 29.5 Å². The van der Waals surface area contributed by atoms with Crippen molar-refractivity contribution in [1.29, 1.82) is 5.26 Å². The molecule has 3 N–H and O–H groups in total. The van der Waals surface area contributed by atoms with Crippen molar-refractivity contribution in [2.75, 3.05) is 25.0 Å². The van der Waals surface area contributed by atoms with E-state index >= 15 is 0 Å². The minimum Gasteiger partial charge on any atom is -0.379 e. The molecule has 2 aromatic heterocycles. The Bertz CT molecular complexity index is 1020. The number of amides is 1. The standard InChI is InChI=1S/C19H22F3N7O2/c1-12(26-15-9-25-27-17(30)16(15)19(20,21)22)10-28-6-3-13(11-28)18(31)29-7-5-24-8-14(29)2-4-23/h3,6,9,11-12,14,24H,2,5,7-8,10H2,1H3,(H2,26,27,30). The number of aromatic amines is 1. The van der Waals surface area contributed by atoms with E-state index in [4.69, 9.17) is 5.26 Å². The van der Waals surface area contributed by atoms with Gasteiger partial charge in [-0.25, -0.2) is 5.10 Å². The molecule has 0 spiro atoms. The van der Waals surface area contributed by atoms with Crippen LogP contribution >= 0.6 is 0 Å². The fourth-order valence-electron chi connectivity index (χ4n) is 3.58. The van der Waals surface area contributed by atoms with Gasteiger partial charge < -0.3 is 20.1 Å².